The van der Waals surface area contributed by atoms with Crippen LogP contribution in [0.1, 0.15) is 51.4 Å². The standard InChI is InChI=1S/C25H35FNO3P/c1-17(2)23-15-6-18(3)16-24(23)30-31(29,22-13-11-21(12-14-22)27(4)5)25(28)19-7-9-20(26)10-8-19/h7-14,17-18,23-25,28H,6,15-16H2,1-5H3/t18-,23-,24-,25-,31-/m1/s1. The summed E-state index contributed by atoms with van der Waals surface area (Å²) in [6, 6.07) is 12.8. The highest BCUT2D eigenvalue weighted by Gasteiger charge is 2.42. The summed E-state index contributed by atoms with van der Waals surface area (Å²) in [4.78, 5) is 1.96. The van der Waals surface area contributed by atoms with Gasteiger partial charge in [0.25, 0.3) is 7.37 Å². The Hall–Kier alpha value is -1.68. The van der Waals surface area contributed by atoms with Gasteiger partial charge in [0.1, 0.15) is 5.82 Å². The SMILES string of the molecule is CC(C)[C@H]1CC[C@@H](C)C[C@H]1O[P@](=O)(c1ccc(N(C)C)cc1)[C@@H](O)c1ccc(F)cc1. The fourth-order valence-corrected chi connectivity index (χ4v) is 6.78. The molecule has 0 saturated heterocycles. The third-order valence-corrected chi connectivity index (χ3v) is 9.01. The van der Waals surface area contributed by atoms with Gasteiger partial charge in [0.15, 0.2) is 5.85 Å². The second-order valence-corrected chi connectivity index (χ2v) is 11.8. The average molecular weight is 448 g/mol. The van der Waals surface area contributed by atoms with Crippen LogP contribution in [0.4, 0.5) is 10.1 Å². The number of aliphatic hydroxyl groups excluding tert-OH is 1. The molecule has 1 saturated carbocycles. The van der Waals surface area contributed by atoms with Gasteiger partial charge in [-0.2, -0.15) is 0 Å². The van der Waals surface area contributed by atoms with E-state index in [-0.39, 0.29) is 12.0 Å². The van der Waals surface area contributed by atoms with Gasteiger partial charge in [-0.05, 0) is 72.6 Å². The predicted octanol–water partition coefficient (Wildman–Crippen LogP) is 5.96. The highest BCUT2D eigenvalue weighted by molar-refractivity contribution is 7.67. The molecule has 0 aliphatic heterocycles. The van der Waals surface area contributed by atoms with Gasteiger partial charge in [0, 0.05) is 25.1 Å². The summed E-state index contributed by atoms with van der Waals surface area (Å²) in [5.41, 5.74) is 1.37. The number of halogens is 1. The van der Waals surface area contributed by atoms with Gasteiger partial charge in [0.05, 0.1) is 6.10 Å². The van der Waals surface area contributed by atoms with Gasteiger partial charge in [-0.1, -0.05) is 39.3 Å². The predicted molar refractivity (Wildman–Crippen MR) is 126 cm³/mol. The monoisotopic (exact) mass is 447 g/mol. The Labute approximate surface area is 185 Å². The van der Waals surface area contributed by atoms with E-state index in [0.717, 1.165) is 24.9 Å². The molecule has 0 aromatic heterocycles. The third-order valence-electron chi connectivity index (χ3n) is 6.47. The van der Waals surface area contributed by atoms with E-state index in [1.165, 1.54) is 24.3 Å². The summed E-state index contributed by atoms with van der Waals surface area (Å²) in [5, 5.41) is 11.7. The maximum Gasteiger partial charge on any atom is 0.264 e. The molecule has 5 atom stereocenters. The summed E-state index contributed by atoms with van der Waals surface area (Å²) in [6.07, 6.45) is 2.78. The Morgan fingerprint density at radius 3 is 2.23 bits per heavy atom. The van der Waals surface area contributed by atoms with Crippen molar-refractivity contribution < 1.29 is 18.6 Å². The third kappa shape index (κ3) is 5.39. The minimum absolute atomic E-state index is 0.196. The lowest BCUT2D eigenvalue weighted by molar-refractivity contribution is 0.0427. The van der Waals surface area contributed by atoms with Crippen LogP contribution in [0.2, 0.25) is 0 Å². The van der Waals surface area contributed by atoms with Crippen LogP contribution in [0.3, 0.4) is 0 Å². The summed E-state index contributed by atoms with van der Waals surface area (Å²) in [7, 11) is 0.172. The van der Waals surface area contributed by atoms with Crippen LogP contribution >= 0.6 is 7.37 Å². The van der Waals surface area contributed by atoms with Crippen molar-refractivity contribution >= 4 is 18.4 Å². The van der Waals surface area contributed by atoms with Crippen LogP contribution in [0.5, 0.6) is 0 Å². The molecule has 0 heterocycles. The normalized spacial score (nSPS) is 24.6. The Bertz CT molecular complexity index is 898. The Balaban J connectivity index is 2.02. The van der Waals surface area contributed by atoms with Crippen molar-refractivity contribution in [2.75, 3.05) is 19.0 Å². The Morgan fingerprint density at radius 2 is 1.68 bits per heavy atom. The highest BCUT2D eigenvalue weighted by atomic mass is 31.2. The van der Waals surface area contributed by atoms with Crippen LogP contribution in [0.15, 0.2) is 48.5 Å². The zero-order valence-electron chi connectivity index (χ0n) is 19.2. The van der Waals surface area contributed by atoms with Crippen LogP contribution in [0.25, 0.3) is 0 Å². The molecule has 2 aromatic rings. The second-order valence-electron chi connectivity index (χ2n) is 9.40. The van der Waals surface area contributed by atoms with Gasteiger partial charge < -0.3 is 14.5 Å². The first-order valence-corrected chi connectivity index (χ1v) is 12.8. The molecule has 0 radical (unpaired) electrons. The van der Waals surface area contributed by atoms with Crippen molar-refractivity contribution in [3.05, 3.63) is 59.9 Å². The first-order chi connectivity index (χ1) is 14.6. The van der Waals surface area contributed by atoms with Crippen LogP contribution in [-0.2, 0) is 9.09 Å². The number of hydrogen-bond acceptors (Lipinski definition) is 4. The van der Waals surface area contributed by atoms with Crippen LogP contribution in [0, 0.1) is 23.6 Å². The van der Waals surface area contributed by atoms with Gasteiger partial charge in [-0.3, -0.25) is 4.57 Å². The van der Waals surface area contributed by atoms with E-state index < -0.39 is 19.0 Å². The molecule has 6 heteroatoms. The first kappa shape index (κ1) is 24.0. The molecule has 3 rings (SSSR count). The summed E-state index contributed by atoms with van der Waals surface area (Å²) in [6.45, 7) is 6.54. The molecule has 1 aliphatic carbocycles. The number of rotatable bonds is 7. The summed E-state index contributed by atoms with van der Waals surface area (Å²) >= 11 is 0. The maximum absolute atomic E-state index is 14.4. The lowest BCUT2D eigenvalue weighted by Gasteiger charge is -2.40. The van der Waals surface area contributed by atoms with E-state index in [0.29, 0.717) is 22.7 Å². The molecule has 0 bridgehead atoms. The van der Waals surface area contributed by atoms with Gasteiger partial charge in [0.2, 0.25) is 0 Å². The fraction of sp³-hybridized carbons (Fsp3) is 0.520. The molecule has 0 amide bonds. The van der Waals surface area contributed by atoms with E-state index in [1.54, 1.807) is 12.1 Å². The molecule has 4 nitrogen and oxygen atoms in total. The van der Waals surface area contributed by atoms with Crippen LogP contribution in [-0.4, -0.2) is 25.3 Å². The maximum atomic E-state index is 14.4. The molecular formula is C25H35FNO3P. The van der Waals surface area contributed by atoms with E-state index in [4.69, 9.17) is 4.52 Å². The van der Waals surface area contributed by atoms with Gasteiger partial charge in [-0.25, -0.2) is 4.39 Å². The minimum Gasteiger partial charge on any atom is -0.378 e. The largest absolute Gasteiger partial charge is 0.378 e. The van der Waals surface area contributed by atoms with E-state index in [9.17, 15) is 14.1 Å². The van der Waals surface area contributed by atoms with Crippen molar-refractivity contribution in [1.29, 1.82) is 0 Å². The van der Waals surface area contributed by atoms with Crippen LogP contribution < -0.4 is 10.2 Å². The molecule has 1 N–H and O–H groups in total. The molecule has 2 aromatic carbocycles. The summed E-state index contributed by atoms with van der Waals surface area (Å²) in [5.74, 6) is -0.602. The number of hydrogen-bond donors (Lipinski definition) is 1. The van der Waals surface area contributed by atoms with Crippen molar-refractivity contribution in [3.63, 3.8) is 0 Å². The lowest BCUT2D eigenvalue weighted by atomic mass is 9.75. The van der Waals surface area contributed by atoms with E-state index in [2.05, 4.69) is 20.8 Å². The minimum atomic E-state index is -3.71. The molecule has 0 spiro atoms. The smallest absolute Gasteiger partial charge is 0.264 e. The number of anilines is 1. The van der Waals surface area contributed by atoms with Gasteiger partial charge >= 0.3 is 0 Å². The zero-order valence-corrected chi connectivity index (χ0v) is 20.1. The van der Waals surface area contributed by atoms with Crippen molar-refractivity contribution in [2.24, 2.45) is 17.8 Å². The van der Waals surface area contributed by atoms with Gasteiger partial charge in [-0.15, -0.1) is 0 Å². The zero-order chi connectivity index (χ0) is 22.8. The second kappa shape index (κ2) is 9.85. The van der Waals surface area contributed by atoms with Crippen molar-refractivity contribution in [2.45, 2.75) is 52.0 Å². The molecular weight excluding hydrogens is 412 g/mol. The Kier molecular flexibility index (Phi) is 7.62. The molecule has 1 fully saturated rings. The first-order valence-electron chi connectivity index (χ1n) is 11.1. The van der Waals surface area contributed by atoms with Crippen molar-refractivity contribution in [1.82, 2.24) is 0 Å². The molecule has 0 unspecified atom stereocenters. The molecule has 170 valence electrons. The quantitative estimate of drug-likeness (QED) is 0.532. The highest BCUT2D eigenvalue weighted by Crippen LogP contribution is 2.60. The topological polar surface area (TPSA) is 49.8 Å². The molecule has 1 aliphatic rings. The van der Waals surface area contributed by atoms with Crippen molar-refractivity contribution in [3.8, 4) is 0 Å². The van der Waals surface area contributed by atoms with E-state index in [1.807, 2.05) is 31.1 Å². The molecule has 31 heavy (non-hydrogen) atoms. The number of benzene rings is 2. The lowest BCUT2D eigenvalue weighted by Crippen LogP contribution is -2.35. The summed E-state index contributed by atoms with van der Waals surface area (Å²) < 4.78 is 34.4. The fourth-order valence-electron chi connectivity index (χ4n) is 4.49. The number of nitrogens with zero attached hydrogens (tertiary/aromatic N) is 1. The average Bonchev–Trinajstić information content (AvgIpc) is 2.73. The van der Waals surface area contributed by atoms with E-state index >= 15 is 0 Å². The number of aliphatic hydroxyl groups is 1. The Morgan fingerprint density at radius 1 is 1.06 bits per heavy atom.